The van der Waals surface area contributed by atoms with Crippen molar-refractivity contribution in [1.82, 2.24) is 30.7 Å². The fraction of sp³-hybridized carbons (Fsp3) is 0.467. The summed E-state index contributed by atoms with van der Waals surface area (Å²) in [5.41, 5.74) is 8.99. The molecule has 1 atom stereocenters. The average molecular weight is 344 g/mol. The number of nitrogen functional groups attached to an aromatic ring is 1. The lowest BCUT2D eigenvalue weighted by molar-refractivity contribution is 0.0949. The van der Waals surface area contributed by atoms with Crippen LogP contribution in [0.4, 0.5) is 5.82 Å². The van der Waals surface area contributed by atoms with Crippen LogP contribution in [0.1, 0.15) is 48.8 Å². The summed E-state index contributed by atoms with van der Waals surface area (Å²) in [6.07, 6.45) is 10.4. The van der Waals surface area contributed by atoms with E-state index in [1.165, 1.54) is 4.68 Å². The van der Waals surface area contributed by atoms with Gasteiger partial charge in [-0.15, -0.1) is 5.10 Å². The zero-order chi connectivity index (χ0) is 17.6. The van der Waals surface area contributed by atoms with Crippen molar-refractivity contribution in [3.63, 3.8) is 0 Å². The van der Waals surface area contributed by atoms with Crippen molar-refractivity contribution >= 4 is 17.9 Å². The van der Waals surface area contributed by atoms with Crippen molar-refractivity contribution in [3.05, 3.63) is 23.5 Å². The van der Waals surface area contributed by atoms with Crippen LogP contribution < -0.4 is 11.2 Å². The normalized spacial score (nSPS) is 17.2. The summed E-state index contributed by atoms with van der Waals surface area (Å²) in [4.78, 5) is 12.4. The number of allylic oxidation sites excluding steroid dienone is 2. The molecule has 0 unspecified atom stereocenters. The molecule has 0 saturated carbocycles. The molecule has 0 bridgehead atoms. The third-order valence-electron chi connectivity index (χ3n) is 3.92. The number of carbonyl (C=O) groups excluding carboxylic acids is 1. The fourth-order valence-corrected chi connectivity index (χ4v) is 2.65. The Bertz CT molecular complexity index is 791. The molecule has 3 rings (SSSR count). The Balaban J connectivity index is 1.76. The highest BCUT2D eigenvalue weighted by atomic mass is 16.6. The van der Waals surface area contributed by atoms with Crippen LogP contribution in [0.25, 0.3) is 5.82 Å². The van der Waals surface area contributed by atoms with Crippen molar-refractivity contribution < 1.29 is 9.42 Å². The average Bonchev–Trinajstić information content (AvgIpc) is 3.22. The summed E-state index contributed by atoms with van der Waals surface area (Å²) in [6.45, 7) is 1.98. The molecule has 10 nitrogen and oxygen atoms in total. The smallest absolute Gasteiger partial charge is 0.293 e. The van der Waals surface area contributed by atoms with Gasteiger partial charge in [0, 0.05) is 6.21 Å². The molecule has 0 aliphatic heterocycles. The van der Waals surface area contributed by atoms with Crippen molar-refractivity contribution in [2.45, 2.75) is 39.0 Å². The van der Waals surface area contributed by atoms with Gasteiger partial charge >= 0.3 is 0 Å². The van der Waals surface area contributed by atoms with Gasteiger partial charge in [0.2, 0.25) is 11.6 Å². The highest BCUT2D eigenvalue weighted by Crippen LogP contribution is 2.17. The van der Waals surface area contributed by atoms with Gasteiger partial charge in [0.25, 0.3) is 5.91 Å². The lowest BCUT2D eigenvalue weighted by Gasteiger charge is -2.11. The SMILES string of the molecule is CCCc1c(C(=O)N/N=C\[C@@H]2CC=CCC2)nnn1-c1nonc1N. The van der Waals surface area contributed by atoms with Crippen molar-refractivity contribution in [1.29, 1.82) is 0 Å². The first kappa shape index (κ1) is 16.8. The van der Waals surface area contributed by atoms with E-state index in [0.717, 1.165) is 25.7 Å². The molecule has 0 aromatic carbocycles. The lowest BCUT2D eigenvalue weighted by Crippen LogP contribution is -2.21. The van der Waals surface area contributed by atoms with Crippen LogP contribution in [0.2, 0.25) is 0 Å². The van der Waals surface area contributed by atoms with E-state index in [4.69, 9.17) is 5.73 Å². The number of nitrogens with one attached hydrogen (secondary N) is 1. The second kappa shape index (κ2) is 7.69. The number of rotatable bonds is 6. The molecule has 2 aromatic heterocycles. The maximum atomic E-state index is 12.4. The zero-order valence-corrected chi connectivity index (χ0v) is 13.9. The summed E-state index contributed by atoms with van der Waals surface area (Å²) >= 11 is 0. The first-order valence-corrected chi connectivity index (χ1v) is 8.22. The molecule has 3 N–H and O–H groups in total. The molecule has 25 heavy (non-hydrogen) atoms. The first-order chi connectivity index (χ1) is 12.2. The second-order valence-corrected chi connectivity index (χ2v) is 5.78. The summed E-state index contributed by atoms with van der Waals surface area (Å²) in [5.74, 6) is 0.217. The summed E-state index contributed by atoms with van der Waals surface area (Å²) < 4.78 is 5.97. The number of anilines is 1. The molecular weight excluding hydrogens is 324 g/mol. The highest BCUT2D eigenvalue weighted by Gasteiger charge is 2.23. The number of hydrazone groups is 1. The highest BCUT2D eigenvalue weighted by molar-refractivity contribution is 5.93. The number of amides is 1. The van der Waals surface area contributed by atoms with Crippen LogP contribution >= 0.6 is 0 Å². The topological polar surface area (TPSA) is 137 Å². The minimum atomic E-state index is -0.424. The van der Waals surface area contributed by atoms with Crippen LogP contribution in [0.3, 0.4) is 0 Å². The van der Waals surface area contributed by atoms with E-state index < -0.39 is 5.91 Å². The molecule has 1 amide bonds. The van der Waals surface area contributed by atoms with Gasteiger partial charge in [-0.05, 0) is 41.9 Å². The fourth-order valence-electron chi connectivity index (χ4n) is 2.65. The molecule has 1 aliphatic carbocycles. The minimum absolute atomic E-state index is 0.0811. The van der Waals surface area contributed by atoms with Gasteiger partial charge in [0.15, 0.2) is 5.69 Å². The molecular formula is C15H20N8O2. The minimum Gasteiger partial charge on any atom is -0.378 e. The zero-order valence-electron chi connectivity index (χ0n) is 13.9. The number of hydrogen-bond donors (Lipinski definition) is 2. The molecule has 132 valence electrons. The van der Waals surface area contributed by atoms with Gasteiger partial charge in [-0.2, -0.15) is 9.78 Å². The summed E-state index contributed by atoms with van der Waals surface area (Å²) in [7, 11) is 0. The van der Waals surface area contributed by atoms with Crippen molar-refractivity contribution in [3.8, 4) is 5.82 Å². The Kier molecular flexibility index (Phi) is 5.17. The maximum Gasteiger partial charge on any atom is 0.293 e. The quantitative estimate of drug-likeness (QED) is 0.457. The van der Waals surface area contributed by atoms with Gasteiger partial charge in [-0.3, -0.25) is 4.79 Å². The third kappa shape index (κ3) is 3.73. The van der Waals surface area contributed by atoms with E-state index in [0.29, 0.717) is 18.0 Å². The Morgan fingerprint density at radius 2 is 2.40 bits per heavy atom. The number of nitrogens with two attached hydrogens (primary N) is 1. The molecule has 0 spiro atoms. The van der Waals surface area contributed by atoms with Crippen LogP contribution in [0, 0.1) is 5.92 Å². The molecule has 0 radical (unpaired) electrons. The Morgan fingerprint density at radius 3 is 3.08 bits per heavy atom. The molecule has 10 heteroatoms. The molecule has 1 aliphatic rings. The second-order valence-electron chi connectivity index (χ2n) is 5.78. The van der Waals surface area contributed by atoms with E-state index in [1.54, 1.807) is 6.21 Å². The number of carbonyl (C=O) groups is 1. The number of aromatic nitrogens is 5. The monoisotopic (exact) mass is 344 g/mol. The van der Waals surface area contributed by atoms with E-state index in [9.17, 15) is 4.79 Å². The Morgan fingerprint density at radius 1 is 1.52 bits per heavy atom. The van der Waals surface area contributed by atoms with Crippen LogP contribution in [0.5, 0.6) is 0 Å². The summed E-state index contributed by atoms with van der Waals surface area (Å²) in [5, 5.41) is 19.2. The lowest BCUT2D eigenvalue weighted by atomic mass is 9.96. The van der Waals surface area contributed by atoms with Gasteiger partial charge in [0.05, 0.1) is 5.69 Å². The number of nitrogens with zero attached hydrogens (tertiary/aromatic N) is 6. The van der Waals surface area contributed by atoms with E-state index in [-0.39, 0.29) is 17.3 Å². The predicted octanol–water partition coefficient (Wildman–Crippen LogP) is 1.26. The Labute approximate surface area is 144 Å². The molecule has 0 saturated heterocycles. The van der Waals surface area contributed by atoms with Crippen LogP contribution in [-0.2, 0) is 6.42 Å². The van der Waals surface area contributed by atoms with E-state index >= 15 is 0 Å². The Hall–Kier alpha value is -3.04. The summed E-state index contributed by atoms with van der Waals surface area (Å²) in [6, 6.07) is 0. The molecule has 0 fully saturated rings. The van der Waals surface area contributed by atoms with Crippen molar-refractivity contribution in [2.75, 3.05) is 5.73 Å². The van der Waals surface area contributed by atoms with Crippen LogP contribution in [0.15, 0.2) is 21.9 Å². The van der Waals surface area contributed by atoms with Crippen molar-refractivity contribution in [2.24, 2.45) is 11.0 Å². The van der Waals surface area contributed by atoms with Crippen LogP contribution in [-0.4, -0.2) is 37.4 Å². The maximum absolute atomic E-state index is 12.4. The number of hydrogen-bond acceptors (Lipinski definition) is 8. The third-order valence-corrected chi connectivity index (χ3v) is 3.92. The van der Waals surface area contributed by atoms with E-state index in [1.807, 2.05) is 6.92 Å². The first-order valence-electron chi connectivity index (χ1n) is 8.22. The van der Waals surface area contributed by atoms with Gasteiger partial charge in [-0.1, -0.05) is 30.7 Å². The van der Waals surface area contributed by atoms with Gasteiger partial charge in [-0.25, -0.2) is 10.1 Å². The van der Waals surface area contributed by atoms with Gasteiger partial charge in [0.1, 0.15) is 0 Å². The molecule has 2 aromatic rings. The van der Waals surface area contributed by atoms with Gasteiger partial charge < -0.3 is 5.73 Å². The standard InChI is InChI=1S/C15H20N8O2/c1-2-6-11-12(18-22-23(11)14-13(16)20-25-21-14)15(24)19-17-9-10-7-4-3-5-8-10/h3-4,9-10H,2,5-8H2,1H3,(H2,16,20)(H,19,24)/b17-9-/t10-/m1/s1. The van der Waals surface area contributed by atoms with E-state index in [2.05, 4.69) is 47.9 Å². The predicted molar refractivity (Wildman–Crippen MR) is 90.1 cm³/mol. The largest absolute Gasteiger partial charge is 0.378 e. The molecule has 2 heterocycles.